The molecule has 0 atom stereocenters. The van der Waals surface area contributed by atoms with Gasteiger partial charge >= 0.3 is 0 Å². The van der Waals surface area contributed by atoms with Crippen LogP contribution in [0.3, 0.4) is 0 Å². The lowest BCUT2D eigenvalue weighted by atomic mass is 9.99. The first kappa shape index (κ1) is 11.4. The van der Waals surface area contributed by atoms with Crippen LogP contribution in [0.2, 0.25) is 0 Å². The maximum absolute atomic E-state index is 4.08. The molecule has 0 radical (unpaired) electrons. The molecule has 0 saturated carbocycles. The standard InChI is InChI=1S/C9H16N2S/c1-6-10-11-8(12-7-2)9(3,4)5/h6-7H,2H2,1,3-5H3/b10-6+,11-8-. The van der Waals surface area contributed by atoms with E-state index in [9.17, 15) is 0 Å². The Morgan fingerprint density at radius 1 is 1.42 bits per heavy atom. The molecule has 0 bridgehead atoms. The predicted octanol–water partition coefficient (Wildman–Crippen LogP) is 3.31. The Labute approximate surface area is 78.9 Å². The van der Waals surface area contributed by atoms with Crippen molar-refractivity contribution in [1.82, 2.24) is 0 Å². The Bertz CT molecular complexity index is 199. The molecule has 0 spiro atoms. The number of hydrogen-bond donors (Lipinski definition) is 0. The average Bonchev–Trinajstić information content (AvgIpc) is 1.95. The molecule has 0 amide bonds. The van der Waals surface area contributed by atoms with Crippen LogP contribution in [0.15, 0.2) is 22.2 Å². The van der Waals surface area contributed by atoms with Crippen LogP contribution in [-0.2, 0) is 0 Å². The maximum atomic E-state index is 4.08. The van der Waals surface area contributed by atoms with E-state index in [4.69, 9.17) is 0 Å². The van der Waals surface area contributed by atoms with Gasteiger partial charge in [-0.25, -0.2) is 0 Å². The monoisotopic (exact) mass is 184 g/mol. The molecular weight excluding hydrogens is 168 g/mol. The predicted molar refractivity (Wildman–Crippen MR) is 58.8 cm³/mol. The molecular formula is C9H16N2S. The first-order chi connectivity index (χ1) is 5.52. The molecule has 0 aliphatic carbocycles. The van der Waals surface area contributed by atoms with Gasteiger partial charge in [0.05, 0.1) is 0 Å². The van der Waals surface area contributed by atoms with Crippen LogP contribution in [0.1, 0.15) is 27.7 Å². The molecule has 0 heterocycles. The second kappa shape index (κ2) is 5.14. The third-order valence-electron chi connectivity index (χ3n) is 1.10. The highest BCUT2D eigenvalue weighted by Crippen LogP contribution is 2.25. The van der Waals surface area contributed by atoms with Crippen molar-refractivity contribution in [3.05, 3.63) is 12.0 Å². The topological polar surface area (TPSA) is 24.7 Å². The van der Waals surface area contributed by atoms with Crippen LogP contribution in [0.5, 0.6) is 0 Å². The minimum atomic E-state index is 0.0470. The fraction of sp³-hybridized carbons (Fsp3) is 0.556. The average molecular weight is 184 g/mol. The van der Waals surface area contributed by atoms with Gasteiger partial charge in [0.15, 0.2) is 0 Å². The summed E-state index contributed by atoms with van der Waals surface area (Å²) in [4.78, 5) is 0. The zero-order valence-corrected chi connectivity index (χ0v) is 8.98. The van der Waals surface area contributed by atoms with Gasteiger partial charge in [-0.2, -0.15) is 5.10 Å². The Morgan fingerprint density at radius 3 is 2.33 bits per heavy atom. The van der Waals surface area contributed by atoms with Gasteiger partial charge in [0.25, 0.3) is 0 Å². The lowest BCUT2D eigenvalue weighted by Gasteiger charge is -2.17. The smallest absolute Gasteiger partial charge is 0.105 e. The molecule has 68 valence electrons. The van der Waals surface area contributed by atoms with E-state index in [1.165, 1.54) is 11.8 Å². The lowest BCUT2D eigenvalue weighted by Crippen LogP contribution is -2.15. The van der Waals surface area contributed by atoms with E-state index in [1.54, 1.807) is 11.6 Å². The SMILES string of the molecule is C=CS/C(=N\N=C\C)C(C)(C)C. The second-order valence-electron chi connectivity index (χ2n) is 3.31. The molecule has 12 heavy (non-hydrogen) atoms. The highest BCUT2D eigenvalue weighted by atomic mass is 32.2. The first-order valence-corrected chi connectivity index (χ1v) is 4.74. The minimum Gasteiger partial charge on any atom is -0.163 e. The summed E-state index contributed by atoms with van der Waals surface area (Å²) in [6, 6.07) is 0. The molecule has 0 aromatic heterocycles. The molecule has 0 fully saturated rings. The van der Waals surface area contributed by atoms with E-state index in [-0.39, 0.29) is 5.41 Å². The molecule has 0 N–H and O–H groups in total. The van der Waals surface area contributed by atoms with Gasteiger partial charge in [-0.1, -0.05) is 39.1 Å². The van der Waals surface area contributed by atoms with Gasteiger partial charge in [0, 0.05) is 11.6 Å². The van der Waals surface area contributed by atoms with Crippen molar-refractivity contribution in [3.63, 3.8) is 0 Å². The zero-order chi connectivity index (χ0) is 9.61. The van der Waals surface area contributed by atoms with Gasteiger partial charge in [0.1, 0.15) is 5.04 Å². The van der Waals surface area contributed by atoms with Crippen molar-refractivity contribution >= 4 is 23.0 Å². The van der Waals surface area contributed by atoms with Crippen LogP contribution in [0, 0.1) is 5.41 Å². The summed E-state index contributed by atoms with van der Waals surface area (Å²) in [5.74, 6) is 0. The fourth-order valence-corrected chi connectivity index (χ4v) is 1.15. The summed E-state index contributed by atoms with van der Waals surface area (Å²) in [5, 5.41) is 10.7. The van der Waals surface area contributed by atoms with E-state index in [0.717, 1.165) is 5.04 Å². The van der Waals surface area contributed by atoms with Crippen molar-refractivity contribution in [2.75, 3.05) is 0 Å². The van der Waals surface area contributed by atoms with E-state index in [1.807, 2.05) is 6.92 Å². The number of nitrogens with zero attached hydrogens (tertiary/aromatic N) is 2. The van der Waals surface area contributed by atoms with Gasteiger partial charge in [-0.05, 0) is 12.3 Å². The quantitative estimate of drug-likeness (QED) is 0.367. The molecule has 0 saturated heterocycles. The number of thioether (sulfide) groups is 1. The third kappa shape index (κ3) is 4.34. The Hall–Kier alpha value is -0.570. The van der Waals surface area contributed by atoms with E-state index in [0.29, 0.717) is 0 Å². The molecule has 0 aromatic carbocycles. The number of hydrogen-bond acceptors (Lipinski definition) is 3. The van der Waals surface area contributed by atoms with Gasteiger partial charge < -0.3 is 0 Å². The van der Waals surface area contributed by atoms with Crippen LogP contribution >= 0.6 is 11.8 Å². The van der Waals surface area contributed by atoms with Gasteiger partial charge in [-0.3, -0.25) is 0 Å². The van der Waals surface area contributed by atoms with E-state index in [2.05, 4.69) is 37.6 Å². The van der Waals surface area contributed by atoms with E-state index < -0.39 is 0 Å². The molecule has 0 aliphatic rings. The molecule has 0 rings (SSSR count). The van der Waals surface area contributed by atoms with Crippen LogP contribution in [0.4, 0.5) is 0 Å². The summed E-state index contributed by atoms with van der Waals surface area (Å²) in [6.45, 7) is 11.8. The van der Waals surface area contributed by atoms with Crippen LogP contribution in [0.25, 0.3) is 0 Å². The molecule has 2 nitrogen and oxygen atoms in total. The largest absolute Gasteiger partial charge is 0.163 e. The van der Waals surface area contributed by atoms with Crippen LogP contribution in [-0.4, -0.2) is 11.3 Å². The van der Waals surface area contributed by atoms with E-state index >= 15 is 0 Å². The Kier molecular flexibility index (Phi) is 4.90. The zero-order valence-electron chi connectivity index (χ0n) is 8.16. The summed E-state index contributed by atoms with van der Waals surface area (Å²) in [7, 11) is 0. The Balaban J connectivity index is 4.53. The van der Waals surface area contributed by atoms with Gasteiger partial charge in [0.2, 0.25) is 0 Å². The highest BCUT2D eigenvalue weighted by Gasteiger charge is 2.18. The number of rotatable bonds is 2. The first-order valence-electron chi connectivity index (χ1n) is 3.86. The fourth-order valence-electron chi connectivity index (χ4n) is 0.539. The summed E-state index contributed by atoms with van der Waals surface area (Å²) < 4.78 is 0. The molecule has 3 heteroatoms. The minimum absolute atomic E-state index is 0.0470. The molecule has 0 unspecified atom stereocenters. The van der Waals surface area contributed by atoms with Gasteiger partial charge in [-0.15, -0.1) is 5.10 Å². The normalized spacial score (nSPS) is 13.8. The Morgan fingerprint density at radius 2 is 2.00 bits per heavy atom. The molecule has 0 aromatic rings. The van der Waals surface area contributed by atoms with Crippen molar-refractivity contribution in [1.29, 1.82) is 0 Å². The van der Waals surface area contributed by atoms with Crippen molar-refractivity contribution in [2.45, 2.75) is 27.7 Å². The highest BCUT2D eigenvalue weighted by molar-refractivity contribution is 8.16. The van der Waals surface area contributed by atoms with Crippen LogP contribution < -0.4 is 0 Å². The van der Waals surface area contributed by atoms with Crippen molar-refractivity contribution in [2.24, 2.45) is 15.6 Å². The summed E-state index contributed by atoms with van der Waals surface area (Å²) in [5.41, 5.74) is 0.0470. The summed E-state index contributed by atoms with van der Waals surface area (Å²) in [6.07, 6.45) is 1.68. The maximum Gasteiger partial charge on any atom is 0.105 e. The third-order valence-corrected chi connectivity index (χ3v) is 2.18. The second-order valence-corrected chi connectivity index (χ2v) is 4.27. The summed E-state index contributed by atoms with van der Waals surface area (Å²) >= 11 is 1.52. The lowest BCUT2D eigenvalue weighted by molar-refractivity contribution is 0.600. The van der Waals surface area contributed by atoms with Crippen molar-refractivity contribution in [3.8, 4) is 0 Å². The van der Waals surface area contributed by atoms with Crippen molar-refractivity contribution < 1.29 is 0 Å². The molecule has 0 aliphatic heterocycles.